The topological polar surface area (TPSA) is 6.48 Å². The van der Waals surface area contributed by atoms with Crippen LogP contribution in [0.4, 0.5) is 13.2 Å². The molecule has 0 amide bonds. The van der Waals surface area contributed by atoms with Gasteiger partial charge in [0.15, 0.2) is 0 Å². The van der Waals surface area contributed by atoms with Crippen molar-refractivity contribution in [1.82, 2.24) is 9.80 Å². The van der Waals surface area contributed by atoms with E-state index in [-0.39, 0.29) is 0 Å². The minimum absolute atomic E-state index is 0.373. The molecule has 2 nitrogen and oxygen atoms in total. The lowest BCUT2D eigenvalue weighted by molar-refractivity contribution is -0.138. The van der Waals surface area contributed by atoms with E-state index in [1.165, 1.54) is 12.1 Å². The van der Waals surface area contributed by atoms with E-state index in [1.807, 2.05) is 0 Å². The summed E-state index contributed by atoms with van der Waals surface area (Å²) < 4.78 is 38.8. The highest BCUT2D eigenvalue weighted by Crippen LogP contribution is 2.32. The number of hydrogen-bond donors (Lipinski definition) is 0. The Balaban J connectivity index is 2.02. The van der Waals surface area contributed by atoms with Crippen molar-refractivity contribution in [1.29, 1.82) is 0 Å². The van der Waals surface area contributed by atoms with Crippen LogP contribution in [-0.4, -0.2) is 42.0 Å². The van der Waals surface area contributed by atoms with Crippen LogP contribution in [0.25, 0.3) is 0 Å². The second-order valence-electron chi connectivity index (χ2n) is 5.56. The third-order valence-corrected chi connectivity index (χ3v) is 3.85. The molecule has 20 heavy (non-hydrogen) atoms. The van der Waals surface area contributed by atoms with E-state index >= 15 is 0 Å². The molecule has 1 saturated heterocycles. The molecular weight excluding hydrogens is 265 g/mol. The maximum atomic E-state index is 12.9. The molecule has 0 spiro atoms. The van der Waals surface area contributed by atoms with Gasteiger partial charge in [-0.1, -0.05) is 18.2 Å². The molecule has 1 heterocycles. The molecule has 1 aliphatic heterocycles. The molecule has 0 bridgehead atoms. The van der Waals surface area contributed by atoms with E-state index < -0.39 is 11.7 Å². The van der Waals surface area contributed by atoms with Crippen LogP contribution in [0.3, 0.4) is 0 Å². The van der Waals surface area contributed by atoms with Crippen molar-refractivity contribution in [3.8, 4) is 0 Å². The van der Waals surface area contributed by atoms with Crippen LogP contribution in [0.1, 0.15) is 25.0 Å². The molecule has 1 fully saturated rings. The zero-order valence-corrected chi connectivity index (χ0v) is 12.0. The van der Waals surface area contributed by atoms with E-state index in [0.29, 0.717) is 18.2 Å². The minimum Gasteiger partial charge on any atom is -0.298 e. The zero-order chi connectivity index (χ0) is 14.8. The molecule has 0 radical (unpaired) electrons. The lowest BCUT2D eigenvalue weighted by Crippen LogP contribution is -2.48. The average molecular weight is 286 g/mol. The molecule has 0 aromatic heterocycles. The quantitative estimate of drug-likeness (QED) is 0.841. The van der Waals surface area contributed by atoms with Crippen molar-refractivity contribution in [2.75, 3.05) is 26.2 Å². The minimum atomic E-state index is -4.27. The Morgan fingerprint density at radius 2 is 1.65 bits per heavy atom. The first-order valence-electron chi connectivity index (χ1n) is 6.99. The Kier molecular flexibility index (Phi) is 4.70. The largest absolute Gasteiger partial charge is 0.416 e. The smallest absolute Gasteiger partial charge is 0.298 e. The lowest BCUT2D eigenvalue weighted by Gasteiger charge is -2.37. The van der Waals surface area contributed by atoms with Gasteiger partial charge in [0.25, 0.3) is 0 Å². The van der Waals surface area contributed by atoms with Gasteiger partial charge in [-0.25, -0.2) is 0 Å². The number of nitrogens with zero attached hydrogens (tertiary/aromatic N) is 2. The van der Waals surface area contributed by atoms with Gasteiger partial charge in [0.1, 0.15) is 0 Å². The fourth-order valence-corrected chi connectivity index (χ4v) is 2.61. The normalized spacial score (nSPS) is 18.7. The van der Waals surface area contributed by atoms with Crippen LogP contribution in [0.2, 0.25) is 0 Å². The molecule has 2 rings (SSSR count). The fraction of sp³-hybridized carbons (Fsp3) is 0.600. The Morgan fingerprint density at radius 3 is 2.20 bits per heavy atom. The van der Waals surface area contributed by atoms with Gasteiger partial charge in [-0.05, 0) is 25.5 Å². The van der Waals surface area contributed by atoms with Crippen molar-refractivity contribution in [2.45, 2.75) is 32.6 Å². The van der Waals surface area contributed by atoms with E-state index in [0.717, 1.165) is 26.2 Å². The van der Waals surface area contributed by atoms with E-state index in [9.17, 15) is 13.2 Å². The number of piperazine rings is 1. The first-order valence-corrected chi connectivity index (χ1v) is 6.99. The van der Waals surface area contributed by atoms with E-state index in [1.54, 1.807) is 12.1 Å². The van der Waals surface area contributed by atoms with Crippen LogP contribution in [-0.2, 0) is 12.7 Å². The van der Waals surface area contributed by atoms with Gasteiger partial charge in [0.2, 0.25) is 0 Å². The number of halogens is 3. The highest BCUT2D eigenvalue weighted by atomic mass is 19.4. The molecule has 1 aromatic rings. The summed E-state index contributed by atoms with van der Waals surface area (Å²) in [5.41, 5.74) is -0.135. The highest BCUT2D eigenvalue weighted by Gasteiger charge is 2.33. The Morgan fingerprint density at radius 1 is 1.05 bits per heavy atom. The summed E-state index contributed by atoms with van der Waals surface area (Å²) in [4.78, 5) is 4.45. The van der Waals surface area contributed by atoms with Crippen LogP contribution >= 0.6 is 0 Å². The molecule has 0 aliphatic carbocycles. The van der Waals surface area contributed by atoms with Gasteiger partial charge in [-0.15, -0.1) is 0 Å². The monoisotopic (exact) mass is 286 g/mol. The fourth-order valence-electron chi connectivity index (χ4n) is 2.61. The van der Waals surface area contributed by atoms with Crippen molar-refractivity contribution in [3.05, 3.63) is 35.4 Å². The van der Waals surface area contributed by atoms with E-state index in [4.69, 9.17) is 0 Å². The Labute approximate surface area is 118 Å². The molecule has 1 aliphatic rings. The Hall–Kier alpha value is -1.07. The molecule has 0 unspecified atom stereocenters. The van der Waals surface area contributed by atoms with Gasteiger partial charge in [0, 0.05) is 38.8 Å². The highest BCUT2D eigenvalue weighted by molar-refractivity contribution is 5.29. The molecule has 0 saturated carbocycles. The van der Waals surface area contributed by atoms with Crippen molar-refractivity contribution in [3.63, 3.8) is 0 Å². The number of benzene rings is 1. The second-order valence-corrected chi connectivity index (χ2v) is 5.56. The maximum Gasteiger partial charge on any atom is 0.416 e. The standard InChI is InChI=1S/C15H21F3N2/c1-12(2)20-9-7-19(8-10-20)11-13-5-3-4-6-14(13)15(16,17)18/h3-6,12H,7-11H2,1-2H3. The average Bonchev–Trinajstić information content (AvgIpc) is 2.38. The van der Waals surface area contributed by atoms with Crippen molar-refractivity contribution in [2.24, 2.45) is 0 Å². The lowest BCUT2D eigenvalue weighted by atomic mass is 10.1. The second kappa shape index (κ2) is 6.14. The SMILES string of the molecule is CC(C)N1CCN(Cc2ccccc2C(F)(F)F)CC1. The van der Waals surface area contributed by atoms with E-state index in [2.05, 4.69) is 23.6 Å². The maximum absolute atomic E-state index is 12.9. The third kappa shape index (κ3) is 3.73. The van der Waals surface area contributed by atoms with Crippen molar-refractivity contribution >= 4 is 0 Å². The molecule has 0 N–H and O–H groups in total. The van der Waals surface area contributed by atoms with Gasteiger partial charge >= 0.3 is 6.18 Å². The number of hydrogen-bond acceptors (Lipinski definition) is 2. The van der Waals surface area contributed by atoms with Gasteiger partial charge in [-0.2, -0.15) is 13.2 Å². The summed E-state index contributed by atoms with van der Waals surface area (Å²) in [6.07, 6.45) is -4.27. The number of rotatable bonds is 3. The number of alkyl halides is 3. The first-order chi connectivity index (χ1) is 9.38. The van der Waals surface area contributed by atoms with Crippen molar-refractivity contribution < 1.29 is 13.2 Å². The summed E-state index contributed by atoms with van der Waals surface area (Å²) in [7, 11) is 0. The summed E-state index contributed by atoms with van der Waals surface area (Å²) in [6.45, 7) is 8.16. The molecule has 5 heteroatoms. The summed E-state index contributed by atoms with van der Waals surface area (Å²) in [6, 6.07) is 6.37. The van der Waals surface area contributed by atoms with Crippen LogP contribution in [0.15, 0.2) is 24.3 Å². The molecule has 0 atom stereocenters. The zero-order valence-electron chi connectivity index (χ0n) is 12.0. The Bertz CT molecular complexity index is 435. The molecule has 1 aromatic carbocycles. The predicted octanol–water partition coefficient (Wildman–Crippen LogP) is 3.23. The van der Waals surface area contributed by atoms with Gasteiger partial charge in [-0.3, -0.25) is 9.80 Å². The summed E-state index contributed by atoms with van der Waals surface area (Å²) in [5, 5.41) is 0. The first kappa shape index (κ1) is 15.3. The summed E-state index contributed by atoms with van der Waals surface area (Å²) >= 11 is 0. The molecular formula is C15H21F3N2. The van der Waals surface area contributed by atoms with Crippen LogP contribution in [0.5, 0.6) is 0 Å². The molecule has 112 valence electrons. The third-order valence-electron chi connectivity index (χ3n) is 3.85. The summed E-state index contributed by atoms with van der Waals surface area (Å²) in [5.74, 6) is 0. The van der Waals surface area contributed by atoms with Crippen LogP contribution < -0.4 is 0 Å². The van der Waals surface area contributed by atoms with Gasteiger partial charge in [0.05, 0.1) is 5.56 Å². The van der Waals surface area contributed by atoms with Crippen LogP contribution in [0, 0.1) is 0 Å². The predicted molar refractivity (Wildman–Crippen MR) is 73.4 cm³/mol. The van der Waals surface area contributed by atoms with Gasteiger partial charge < -0.3 is 0 Å².